The Morgan fingerprint density at radius 1 is 0.906 bits per heavy atom. The first-order chi connectivity index (χ1) is 15.1. The first-order valence-electron chi connectivity index (χ1n) is 12.2. The summed E-state index contributed by atoms with van der Waals surface area (Å²) in [6, 6.07) is 0. The Hall–Kier alpha value is -1.63. The zero-order valence-electron chi connectivity index (χ0n) is 19.8. The van der Waals surface area contributed by atoms with Crippen LogP contribution in [0, 0.1) is 34.5 Å². The minimum atomic E-state index is -0.574. The largest absolute Gasteiger partial charge is 0.469 e. The molecule has 10 atom stereocenters. The third-order valence-corrected chi connectivity index (χ3v) is 10.2. The first-order valence-corrected chi connectivity index (χ1v) is 12.2. The molecule has 0 amide bonds. The average molecular weight is 449 g/mol. The fourth-order valence-corrected chi connectivity index (χ4v) is 8.81. The Kier molecular flexibility index (Phi) is 4.98. The molecule has 7 nitrogen and oxygen atoms in total. The third kappa shape index (κ3) is 2.78. The van der Waals surface area contributed by atoms with Gasteiger partial charge in [-0.3, -0.25) is 14.4 Å². The zero-order valence-corrected chi connectivity index (χ0v) is 19.8. The van der Waals surface area contributed by atoms with Gasteiger partial charge in [0, 0.05) is 19.3 Å². The number of esters is 3. The molecular weight excluding hydrogens is 412 g/mol. The average Bonchev–Trinajstić information content (AvgIpc) is 3.38. The number of carbonyl (C=O) groups is 3. The van der Waals surface area contributed by atoms with Crippen LogP contribution in [0.1, 0.15) is 72.6 Å². The summed E-state index contributed by atoms with van der Waals surface area (Å²) in [5, 5.41) is 0. The summed E-state index contributed by atoms with van der Waals surface area (Å²) in [5.41, 5.74) is -0.917. The predicted octanol–water partition coefficient (Wildman–Crippen LogP) is 3.42. The molecule has 0 bridgehead atoms. The van der Waals surface area contributed by atoms with Gasteiger partial charge in [-0.15, -0.1) is 0 Å². The van der Waals surface area contributed by atoms with Gasteiger partial charge in [-0.1, -0.05) is 13.8 Å². The van der Waals surface area contributed by atoms with Crippen LogP contribution in [-0.4, -0.2) is 48.9 Å². The molecule has 0 aromatic rings. The van der Waals surface area contributed by atoms with E-state index in [-0.39, 0.29) is 47.6 Å². The number of hydrogen-bond donors (Lipinski definition) is 0. The number of epoxide rings is 1. The van der Waals surface area contributed by atoms with Crippen LogP contribution in [0.2, 0.25) is 0 Å². The van der Waals surface area contributed by atoms with Gasteiger partial charge in [-0.2, -0.15) is 0 Å². The summed E-state index contributed by atoms with van der Waals surface area (Å²) in [7, 11) is 1.43. The highest BCUT2D eigenvalue weighted by atomic mass is 16.6. The van der Waals surface area contributed by atoms with E-state index in [2.05, 4.69) is 13.8 Å². The van der Waals surface area contributed by atoms with Crippen LogP contribution < -0.4 is 0 Å². The van der Waals surface area contributed by atoms with E-state index in [0.29, 0.717) is 24.2 Å². The predicted molar refractivity (Wildman–Crippen MR) is 113 cm³/mol. The molecule has 1 heterocycles. The molecule has 1 spiro atoms. The summed E-state index contributed by atoms with van der Waals surface area (Å²) >= 11 is 0. The van der Waals surface area contributed by atoms with Crippen LogP contribution >= 0.6 is 0 Å². The maximum atomic E-state index is 12.8. The maximum absolute atomic E-state index is 12.8. The molecule has 0 N–H and O–H groups in total. The zero-order chi connectivity index (χ0) is 23.1. The van der Waals surface area contributed by atoms with Crippen LogP contribution in [0.3, 0.4) is 0 Å². The molecule has 4 aliphatic carbocycles. The lowest BCUT2D eigenvalue weighted by Crippen LogP contribution is -2.64. The Balaban J connectivity index is 1.49. The topological polar surface area (TPSA) is 91.4 Å². The van der Waals surface area contributed by atoms with Crippen molar-refractivity contribution < 1.29 is 33.3 Å². The van der Waals surface area contributed by atoms with E-state index in [1.165, 1.54) is 21.0 Å². The van der Waals surface area contributed by atoms with Crippen molar-refractivity contribution in [1.82, 2.24) is 0 Å². The van der Waals surface area contributed by atoms with Crippen molar-refractivity contribution in [3.05, 3.63) is 0 Å². The van der Waals surface area contributed by atoms with E-state index in [4.69, 9.17) is 18.9 Å². The molecule has 1 saturated heterocycles. The SMILES string of the molecule is COC(=O)C1CC2OC23C2CCC4CC(OC(C)=O)CCC4(C)C2CC(OC(C)=O)C13C. The second kappa shape index (κ2) is 7.18. The van der Waals surface area contributed by atoms with E-state index in [9.17, 15) is 14.4 Å². The van der Waals surface area contributed by atoms with E-state index < -0.39 is 11.0 Å². The van der Waals surface area contributed by atoms with Crippen molar-refractivity contribution in [3.8, 4) is 0 Å². The van der Waals surface area contributed by atoms with Gasteiger partial charge < -0.3 is 18.9 Å². The van der Waals surface area contributed by atoms with Crippen molar-refractivity contribution in [2.24, 2.45) is 34.5 Å². The van der Waals surface area contributed by atoms with Gasteiger partial charge >= 0.3 is 17.9 Å². The highest BCUT2D eigenvalue weighted by Crippen LogP contribution is 2.76. The number of ether oxygens (including phenoxy) is 4. The van der Waals surface area contributed by atoms with Gasteiger partial charge in [0.2, 0.25) is 0 Å². The normalized spacial score (nSPS) is 50.7. The van der Waals surface area contributed by atoms with Crippen LogP contribution in [0.5, 0.6) is 0 Å². The quantitative estimate of drug-likeness (QED) is 0.371. The number of rotatable bonds is 3. The van der Waals surface area contributed by atoms with Crippen LogP contribution in [0.4, 0.5) is 0 Å². The first kappa shape index (κ1) is 22.2. The van der Waals surface area contributed by atoms with Gasteiger partial charge in [0.25, 0.3) is 0 Å². The Bertz CT molecular complexity index is 840. The lowest BCUT2D eigenvalue weighted by molar-refractivity contribution is -0.212. The van der Waals surface area contributed by atoms with Crippen LogP contribution in [0.25, 0.3) is 0 Å². The van der Waals surface area contributed by atoms with Gasteiger partial charge in [0.05, 0.1) is 19.1 Å². The molecule has 5 aliphatic rings. The molecule has 7 heteroatoms. The standard InChI is InChI=1S/C25H36O7/c1-13(26)30-16-8-9-23(3)15(10-16)6-7-17-18(23)11-20(31-14(2)27)24(4)19(22(28)29-5)12-21-25(17,24)32-21/h15-21H,6-12H2,1-5H3. The molecule has 4 saturated carbocycles. The molecular formula is C25H36O7. The summed E-state index contributed by atoms with van der Waals surface area (Å²) in [4.78, 5) is 36.5. The fourth-order valence-electron chi connectivity index (χ4n) is 8.81. The minimum Gasteiger partial charge on any atom is -0.469 e. The van der Waals surface area contributed by atoms with Gasteiger partial charge in [-0.05, 0) is 68.1 Å². The third-order valence-electron chi connectivity index (χ3n) is 10.2. The molecule has 32 heavy (non-hydrogen) atoms. The van der Waals surface area contributed by atoms with Gasteiger partial charge in [-0.25, -0.2) is 0 Å². The highest BCUT2D eigenvalue weighted by Gasteiger charge is 2.84. The molecule has 1 aliphatic heterocycles. The summed E-state index contributed by atoms with van der Waals surface area (Å²) in [6.07, 6.45) is 5.90. The Morgan fingerprint density at radius 3 is 2.28 bits per heavy atom. The molecule has 0 aromatic heterocycles. The van der Waals surface area contributed by atoms with Gasteiger partial charge in [0.1, 0.15) is 17.8 Å². The van der Waals surface area contributed by atoms with E-state index in [0.717, 1.165) is 38.5 Å². The van der Waals surface area contributed by atoms with Crippen LogP contribution in [-0.2, 0) is 33.3 Å². The summed E-state index contributed by atoms with van der Waals surface area (Å²) < 4.78 is 23.2. The summed E-state index contributed by atoms with van der Waals surface area (Å²) in [6.45, 7) is 7.41. The fraction of sp³-hybridized carbons (Fsp3) is 0.880. The smallest absolute Gasteiger partial charge is 0.309 e. The molecule has 10 unspecified atom stereocenters. The lowest BCUT2D eigenvalue weighted by atomic mass is 9.43. The van der Waals surface area contributed by atoms with Crippen LogP contribution in [0.15, 0.2) is 0 Å². The molecule has 5 fully saturated rings. The van der Waals surface area contributed by atoms with Crippen molar-refractivity contribution in [3.63, 3.8) is 0 Å². The highest BCUT2D eigenvalue weighted by molar-refractivity contribution is 5.75. The maximum Gasteiger partial charge on any atom is 0.309 e. The van der Waals surface area contributed by atoms with E-state index >= 15 is 0 Å². The second-order valence-corrected chi connectivity index (χ2v) is 11.3. The summed E-state index contributed by atoms with van der Waals surface area (Å²) in [5.74, 6) is 0.0958. The number of carbonyl (C=O) groups excluding carboxylic acids is 3. The lowest BCUT2D eigenvalue weighted by Gasteiger charge is -2.62. The van der Waals surface area contributed by atoms with E-state index in [1.54, 1.807) is 0 Å². The Morgan fingerprint density at radius 2 is 1.62 bits per heavy atom. The number of hydrogen-bond acceptors (Lipinski definition) is 7. The number of fused-ring (bicyclic) bond motifs is 3. The monoisotopic (exact) mass is 448 g/mol. The Labute approximate surface area is 189 Å². The van der Waals surface area contributed by atoms with Crippen molar-refractivity contribution in [1.29, 1.82) is 0 Å². The number of methoxy groups -OCH3 is 1. The molecule has 178 valence electrons. The van der Waals surface area contributed by atoms with Gasteiger partial charge in [0.15, 0.2) is 0 Å². The van der Waals surface area contributed by atoms with Crippen molar-refractivity contribution >= 4 is 17.9 Å². The van der Waals surface area contributed by atoms with Crippen molar-refractivity contribution in [2.75, 3.05) is 7.11 Å². The molecule has 0 aromatic carbocycles. The molecule has 5 rings (SSSR count). The molecule has 0 radical (unpaired) electrons. The van der Waals surface area contributed by atoms with E-state index in [1.807, 2.05) is 0 Å². The minimum absolute atomic E-state index is 0.00137. The van der Waals surface area contributed by atoms with Crippen molar-refractivity contribution in [2.45, 2.75) is 96.6 Å². The second-order valence-electron chi connectivity index (χ2n) is 11.3.